The summed E-state index contributed by atoms with van der Waals surface area (Å²) < 4.78 is 0. The molecule has 0 saturated carbocycles. The summed E-state index contributed by atoms with van der Waals surface area (Å²) >= 11 is 0. The molecule has 1 saturated heterocycles. The van der Waals surface area contributed by atoms with Gasteiger partial charge in [0.1, 0.15) is 6.04 Å². The molecule has 1 amide bonds. The van der Waals surface area contributed by atoms with Crippen molar-refractivity contribution >= 4 is 5.91 Å². The van der Waals surface area contributed by atoms with Crippen molar-refractivity contribution in [1.82, 2.24) is 9.80 Å². The van der Waals surface area contributed by atoms with E-state index >= 15 is 0 Å². The zero-order chi connectivity index (χ0) is 12.3. The van der Waals surface area contributed by atoms with Crippen molar-refractivity contribution in [2.45, 2.75) is 18.9 Å². The molecule has 2 rings (SSSR count). The largest absolute Gasteiger partial charge is 0.341 e. The average Bonchev–Trinajstić information content (AvgIpc) is 2.83. The van der Waals surface area contributed by atoms with E-state index in [0.29, 0.717) is 0 Å². The number of likely N-dealkylation sites (N-methyl/N-ethyl adjacent to an activating group) is 1. The Kier molecular flexibility index (Phi) is 3.79. The van der Waals surface area contributed by atoms with E-state index in [4.69, 9.17) is 0 Å². The van der Waals surface area contributed by atoms with E-state index in [2.05, 4.69) is 0 Å². The van der Waals surface area contributed by atoms with Crippen LogP contribution in [0.4, 0.5) is 0 Å². The van der Waals surface area contributed by atoms with Gasteiger partial charge in [0.2, 0.25) is 5.91 Å². The molecule has 1 aromatic carbocycles. The van der Waals surface area contributed by atoms with Gasteiger partial charge in [-0.1, -0.05) is 30.3 Å². The molecule has 3 heteroatoms. The second kappa shape index (κ2) is 5.32. The first kappa shape index (κ1) is 12.1. The summed E-state index contributed by atoms with van der Waals surface area (Å²) in [4.78, 5) is 16.5. The lowest BCUT2D eigenvalue weighted by Gasteiger charge is -2.28. The number of likely N-dealkylation sites (tertiary alicyclic amines) is 1. The molecule has 17 heavy (non-hydrogen) atoms. The van der Waals surface area contributed by atoms with Crippen LogP contribution in [0.1, 0.15) is 24.4 Å². The third-order valence-electron chi connectivity index (χ3n) is 3.28. The molecular formula is C14H20N2O. The van der Waals surface area contributed by atoms with Crippen molar-refractivity contribution in [2.75, 3.05) is 27.2 Å². The first-order valence-corrected chi connectivity index (χ1v) is 6.20. The van der Waals surface area contributed by atoms with Crippen molar-refractivity contribution in [3.8, 4) is 0 Å². The minimum Gasteiger partial charge on any atom is -0.341 e. The van der Waals surface area contributed by atoms with Crippen molar-refractivity contribution < 1.29 is 4.79 Å². The maximum atomic E-state index is 12.5. The standard InChI is InChI=1S/C14H20N2O/c1-15(2)13(12-8-4-3-5-9-12)14(17)16-10-6-7-11-16/h3-5,8-9,13H,6-7,10-11H2,1-2H3/t13-/m1/s1. The number of benzene rings is 1. The third-order valence-corrected chi connectivity index (χ3v) is 3.28. The van der Waals surface area contributed by atoms with Gasteiger partial charge in [-0.3, -0.25) is 9.69 Å². The van der Waals surface area contributed by atoms with E-state index in [1.165, 1.54) is 0 Å². The molecule has 3 nitrogen and oxygen atoms in total. The van der Waals surface area contributed by atoms with Crippen molar-refractivity contribution in [3.05, 3.63) is 35.9 Å². The Morgan fingerprint density at radius 2 is 1.76 bits per heavy atom. The number of nitrogens with zero attached hydrogens (tertiary/aromatic N) is 2. The van der Waals surface area contributed by atoms with Crippen LogP contribution < -0.4 is 0 Å². The highest BCUT2D eigenvalue weighted by Gasteiger charge is 2.28. The van der Waals surface area contributed by atoms with E-state index in [1.54, 1.807) is 0 Å². The predicted molar refractivity (Wildman–Crippen MR) is 68.7 cm³/mol. The van der Waals surface area contributed by atoms with Crippen LogP contribution in [0.5, 0.6) is 0 Å². The number of amides is 1. The second-order valence-corrected chi connectivity index (χ2v) is 4.81. The van der Waals surface area contributed by atoms with Crippen LogP contribution in [0, 0.1) is 0 Å². The Labute approximate surface area is 103 Å². The predicted octanol–water partition coefficient (Wildman–Crippen LogP) is 1.91. The Morgan fingerprint density at radius 3 is 2.29 bits per heavy atom. The molecule has 1 heterocycles. The molecule has 1 aliphatic rings. The Balaban J connectivity index is 2.20. The zero-order valence-corrected chi connectivity index (χ0v) is 10.6. The fourth-order valence-electron chi connectivity index (χ4n) is 2.41. The lowest BCUT2D eigenvalue weighted by atomic mass is 10.0. The van der Waals surface area contributed by atoms with Crippen LogP contribution in [-0.2, 0) is 4.79 Å². The molecule has 0 N–H and O–H groups in total. The Morgan fingerprint density at radius 1 is 1.18 bits per heavy atom. The Bertz CT molecular complexity index is 369. The minimum atomic E-state index is -0.144. The topological polar surface area (TPSA) is 23.6 Å². The van der Waals surface area contributed by atoms with Gasteiger partial charge in [0.05, 0.1) is 0 Å². The van der Waals surface area contributed by atoms with Gasteiger partial charge in [-0.2, -0.15) is 0 Å². The van der Waals surface area contributed by atoms with Gasteiger partial charge in [-0.05, 0) is 32.5 Å². The molecule has 92 valence electrons. The lowest BCUT2D eigenvalue weighted by molar-refractivity contribution is -0.135. The van der Waals surface area contributed by atoms with Crippen LogP contribution in [0.25, 0.3) is 0 Å². The zero-order valence-electron chi connectivity index (χ0n) is 10.6. The molecule has 0 radical (unpaired) electrons. The summed E-state index contributed by atoms with van der Waals surface area (Å²) in [6.45, 7) is 1.83. The highest BCUT2D eigenvalue weighted by Crippen LogP contribution is 2.22. The summed E-state index contributed by atoms with van der Waals surface area (Å²) in [7, 11) is 3.93. The normalized spacial score (nSPS) is 17.5. The van der Waals surface area contributed by atoms with Gasteiger partial charge in [0.15, 0.2) is 0 Å². The smallest absolute Gasteiger partial charge is 0.244 e. The number of hydrogen-bond acceptors (Lipinski definition) is 2. The molecular weight excluding hydrogens is 212 g/mol. The molecule has 0 bridgehead atoms. The van der Waals surface area contributed by atoms with Crippen molar-refractivity contribution in [3.63, 3.8) is 0 Å². The van der Waals surface area contributed by atoms with Crippen molar-refractivity contribution in [1.29, 1.82) is 0 Å². The SMILES string of the molecule is CN(C)[C@@H](C(=O)N1CCCC1)c1ccccc1. The minimum absolute atomic E-state index is 0.144. The molecule has 1 fully saturated rings. The lowest BCUT2D eigenvalue weighted by Crippen LogP contribution is -2.38. The van der Waals surface area contributed by atoms with Gasteiger partial charge in [0.25, 0.3) is 0 Å². The number of carbonyl (C=O) groups excluding carboxylic acids is 1. The van der Waals surface area contributed by atoms with E-state index < -0.39 is 0 Å². The molecule has 0 spiro atoms. The van der Waals surface area contributed by atoms with Crippen molar-refractivity contribution in [2.24, 2.45) is 0 Å². The number of rotatable bonds is 3. The van der Waals surface area contributed by atoms with Crippen LogP contribution in [0.2, 0.25) is 0 Å². The van der Waals surface area contributed by atoms with Crippen LogP contribution in [-0.4, -0.2) is 42.9 Å². The van der Waals surface area contributed by atoms with Crippen LogP contribution in [0.15, 0.2) is 30.3 Å². The molecule has 0 aliphatic carbocycles. The Hall–Kier alpha value is -1.35. The van der Waals surface area contributed by atoms with Gasteiger partial charge in [-0.25, -0.2) is 0 Å². The van der Waals surface area contributed by atoms with Gasteiger partial charge in [-0.15, -0.1) is 0 Å². The first-order chi connectivity index (χ1) is 8.20. The average molecular weight is 232 g/mol. The quantitative estimate of drug-likeness (QED) is 0.795. The second-order valence-electron chi connectivity index (χ2n) is 4.81. The highest BCUT2D eigenvalue weighted by atomic mass is 16.2. The summed E-state index contributed by atoms with van der Waals surface area (Å²) in [5.74, 6) is 0.235. The molecule has 1 atom stereocenters. The van der Waals surface area contributed by atoms with E-state index in [9.17, 15) is 4.79 Å². The highest BCUT2D eigenvalue weighted by molar-refractivity contribution is 5.83. The summed E-state index contributed by atoms with van der Waals surface area (Å²) in [5.41, 5.74) is 1.08. The molecule has 1 aromatic rings. The van der Waals surface area contributed by atoms with E-state index in [0.717, 1.165) is 31.5 Å². The van der Waals surface area contributed by atoms with Crippen LogP contribution in [0.3, 0.4) is 0 Å². The van der Waals surface area contributed by atoms with Crippen LogP contribution >= 0.6 is 0 Å². The molecule has 0 unspecified atom stereocenters. The fourth-order valence-corrected chi connectivity index (χ4v) is 2.41. The van der Waals surface area contributed by atoms with E-state index in [-0.39, 0.29) is 11.9 Å². The maximum absolute atomic E-state index is 12.5. The molecule has 1 aliphatic heterocycles. The van der Waals surface area contributed by atoms with E-state index in [1.807, 2.05) is 54.2 Å². The van der Waals surface area contributed by atoms with Gasteiger partial charge >= 0.3 is 0 Å². The summed E-state index contributed by atoms with van der Waals surface area (Å²) in [5, 5.41) is 0. The first-order valence-electron chi connectivity index (χ1n) is 6.20. The van der Waals surface area contributed by atoms with Gasteiger partial charge < -0.3 is 4.90 Å². The maximum Gasteiger partial charge on any atom is 0.244 e. The summed E-state index contributed by atoms with van der Waals surface area (Å²) in [6, 6.07) is 9.87. The monoisotopic (exact) mass is 232 g/mol. The third kappa shape index (κ3) is 2.67. The van der Waals surface area contributed by atoms with Gasteiger partial charge in [0, 0.05) is 13.1 Å². The summed E-state index contributed by atoms with van der Waals surface area (Å²) in [6.07, 6.45) is 2.28. The fraction of sp³-hybridized carbons (Fsp3) is 0.500. The molecule has 0 aromatic heterocycles. The number of carbonyl (C=O) groups is 1. The number of hydrogen-bond donors (Lipinski definition) is 0.